The van der Waals surface area contributed by atoms with Gasteiger partial charge in [-0.3, -0.25) is 4.79 Å². The van der Waals surface area contributed by atoms with E-state index >= 15 is 0 Å². The van der Waals surface area contributed by atoms with Crippen LogP contribution in [0.4, 0.5) is 0 Å². The van der Waals surface area contributed by atoms with Gasteiger partial charge in [-0.1, -0.05) is 12.2 Å². The van der Waals surface area contributed by atoms with Gasteiger partial charge in [0.15, 0.2) is 0 Å². The maximum Gasteiger partial charge on any atom is 0.227 e. The summed E-state index contributed by atoms with van der Waals surface area (Å²) in [7, 11) is 1.87. The molecule has 0 aromatic carbocycles. The lowest BCUT2D eigenvalue weighted by Crippen LogP contribution is -2.45. The van der Waals surface area contributed by atoms with Crippen molar-refractivity contribution in [2.24, 2.45) is 5.92 Å². The minimum absolute atomic E-state index is 0.0319. The highest BCUT2D eigenvalue weighted by atomic mass is 16.5. The number of hydrogen-bond donors (Lipinski definition) is 2. The number of likely N-dealkylation sites (N-methyl/N-ethyl adjacent to an activating group) is 1. The molecule has 1 amide bonds. The Labute approximate surface area is 90.1 Å². The molecule has 2 rings (SSSR count). The Balaban J connectivity index is 1.84. The fraction of sp³-hybridized carbons (Fsp3) is 0.727. The Morgan fingerprint density at radius 2 is 2.07 bits per heavy atom. The third kappa shape index (κ3) is 2.38. The summed E-state index contributed by atoms with van der Waals surface area (Å²) in [5.74, 6) is 0.0937. The number of ether oxygens (including phenoxy) is 1. The lowest BCUT2D eigenvalue weighted by Gasteiger charge is -2.19. The van der Waals surface area contributed by atoms with Gasteiger partial charge in [-0.05, 0) is 19.9 Å². The van der Waals surface area contributed by atoms with Crippen LogP contribution >= 0.6 is 0 Å². The molecule has 15 heavy (non-hydrogen) atoms. The van der Waals surface area contributed by atoms with Crippen LogP contribution in [0.3, 0.4) is 0 Å². The quantitative estimate of drug-likeness (QED) is 0.647. The number of hydrogen-bond acceptors (Lipinski definition) is 3. The largest absolute Gasteiger partial charge is 0.379 e. The normalized spacial score (nSPS) is 31.0. The summed E-state index contributed by atoms with van der Waals surface area (Å²) in [5.41, 5.74) is 0. The molecule has 0 aromatic rings. The molecule has 1 aliphatic carbocycles. The van der Waals surface area contributed by atoms with E-state index in [2.05, 4.69) is 22.8 Å². The first-order chi connectivity index (χ1) is 7.31. The van der Waals surface area contributed by atoms with Gasteiger partial charge in [-0.25, -0.2) is 0 Å². The molecule has 2 aliphatic rings. The van der Waals surface area contributed by atoms with Crippen molar-refractivity contribution in [3.63, 3.8) is 0 Å². The van der Waals surface area contributed by atoms with E-state index in [0.717, 1.165) is 12.8 Å². The lowest BCUT2D eigenvalue weighted by molar-refractivity contribution is -0.126. The fourth-order valence-electron chi connectivity index (χ4n) is 2.14. The monoisotopic (exact) mass is 210 g/mol. The van der Waals surface area contributed by atoms with E-state index in [1.54, 1.807) is 0 Å². The van der Waals surface area contributed by atoms with Crippen LogP contribution in [0.1, 0.15) is 12.8 Å². The Hall–Kier alpha value is -0.870. The maximum atomic E-state index is 11.9. The number of rotatable bonds is 3. The van der Waals surface area contributed by atoms with Crippen LogP contribution < -0.4 is 10.6 Å². The van der Waals surface area contributed by atoms with Crippen LogP contribution in [0.2, 0.25) is 0 Å². The molecule has 1 heterocycles. The average Bonchev–Trinajstić information content (AvgIpc) is 2.86. The van der Waals surface area contributed by atoms with E-state index in [0.29, 0.717) is 19.3 Å². The predicted octanol–water partition coefficient (Wildman–Crippen LogP) is 0.0556. The van der Waals surface area contributed by atoms with Gasteiger partial charge in [0.1, 0.15) is 0 Å². The van der Waals surface area contributed by atoms with E-state index in [4.69, 9.17) is 4.74 Å². The van der Waals surface area contributed by atoms with Crippen molar-refractivity contribution < 1.29 is 9.53 Å². The van der Waals surface area contributed by atoms with E-state index in [-0.39, 0.29) is 17.9 Å². The standard InChI is InChI=1S/C11H18N2O2/c1-12-10-7-15-6-9(10)11(14)13-8-4-2-3-5-8/h2-3,8-10,12H,4-7H2,1H3,(H,13,14). The number of nitrogens with one attached hydrogen (secondary N) is 2. The molecule has 4 heteroatoms. The van der Waals surface area contributed by atoms with Crippen LogP contribution in [0.5, 0.6) is 0 Å². The topological polar surface area (TPSA) is 50.4 Å². The number of amides is 1. The highest BCUT2D eigenvalue weighted by Crippen LogP contribution is 2.16. The van der Waals surface area contributed by atoms with Crippen LogP contribution in [0.25, 0.3) is 0 Å². The SMILES string of the molecule is CNC1COCC1C(=O)NC1CC=CC1. The van der Waals surface area contributed by atoms with Crippen LogP contribution in [-0.2, 0) is 9.53 Å². The van der Waals surface area contributed by atoms with Gasteiger partial charge in [0.05, 0.1) is 19.1 Å². The molecule has 2 atom stereocenters. The van der Waals surface area contributed by atoms with Gasteiger partial charge in [0, 0.05) is 12.1 Å². The summed E-state index contributed by atoms with van der Waals surface area (Å²) in [5, 5.41) is 6.18. The third-order valence-corrected chi connectivity index (χ3v) is 3.14. The molecule has 0 aromatic heterocycles. The van der Waals surface area contributed by atoms with E-state index in [1.807, 2.05) is 7.05 Å². The van der Waals surface area contributed by atoms with Gasteiger partial charge in [0.25, 0.3) is 0 Å². The van der Waals surface area contributed by atoms with Crippen molar-refractivity contribution >= 4 is 5.91 Å². The molecule has 0 radical (unpaired) electrons. The Bertz CT molecular complexity index is 257. The van der Waals surface area contributed by atoms with Crippen molar-refractivity contribution in [3.8, 4) is 0 Å². The van der Waals surface area contributed by atoms with Gasteiger partial charge >= 0.3 is 0 Å². The lowest BCUT2D eigenvalue weighted by atomic mass is 10.0. The first-order valence-corrected chi connectivity index (χ1v) is 5.51. The van der Waals surface area contributed by atoms with Gasteiger partial charge < -0.3 is 15.4 Å². The molecule has 2 unspecified atom stereocenters. The van der Waals surface area contributed by atoms with Crippen molar-refractivity contribution in [1.82, 2.24) is 10.6 Å². The maximum absolute atomic E-state index is 11.9. The first-order valence-electron chi connectivity index (χ1n) is 5.51. The zero-order valence-electron chi connectivity index (χ0n) is 9.03. The second-order valence-electron chi connectivity index (χ2n) is 4.19. The van der Waals surface area contributed by atoms with Crippen molar-refractivity contribution in [3.05, 3.63) is 12.2 Å². The van der Waals surface area contributed by atoms with Crippen molar-refractivity contribution in [2.45, 2.75) is 24.9 Å². The molecule has 1 saturated heterocycles. The second-order valence-corrected chi connectivity index (χ2v) is 4.19. The summed E-state index contributed by atoms with van der Waals surface area (Å²) in [6.07, 6.45) is 6.16. The zero-order valence-corrected chi connectivity index (χ0v) is 9.03. The van der Waals surface area contributed by atoms with Crippen molar-refractivity contribution in [2.75, 3.05) is 20.3 Å². The first kappa shape index (κ1) is 10.6. The van der Waals surface area contributed by atoms with Crippen LogP contribution in [0.15, 0.2) is 12.2 Å². The average molecular weight is 210 g/mol. The summed E-state index contributed by atoms with van der Waals surface area (Å²) < 4.78 is 5.31. The second kappa shape index (κ2) is 4.77. The smallest absolute Gasteiger partial charge is 0.227 e. The zero-order chi connectivity index (χ0) is 10.7. The van der Waals surface area contributed by atoms with E-state index in [1.165, 1.54) is 0 Å². The number of carbonyl (C=O) groups excluding carboxylic acids is 1. The molecule has 1 fully saturated rings. The molecule has 4 nitrogen and oxygen atoms in total. The van der Waals surface area contributed by atoms with Crippen LogP contribution in [0, 0.1) is 5.92 Å². The van der Waals surface area contributed by atoms with Gasteiger partial charge in [-0.15, -0.1) is 0 Å². The summed E-state index contributed by atoms with van der Waals surface area (Å²) in [6.45, 7) is 1.18. The number of carbonyl (C=O) groups is 1. The predicted molar refractivity (Wildman–Crippen MR) is 57.5 cm³/mol. The molecule has 0 spiro atoms. The Morgan fingerprint density at radius 1 is 1.33 bits per heavy atom. The van der Waals surface area contributed by atoms with Crippen molar-refractivity contribution in [1.29, 1.82) is 0 Å². The minimum atomic E-state index is -0.0319. The van der Waals surface area contributed by atoms with Gasteiger partial charge in [-0.2, -0.15) is 0 Å². The molecule has 2 N–H and O–H groups in total. The van der Waals surface area contributed by atoms with Gasteiger partial charge in [0.2, 0.25) is 5.91 Å². The highest BCUT2D eigenvalue weighted by Gasteiger charge is 2.33. The molecule has 0 saturated carbocycles. The summed E-state index contributed by atoms with van der Waals surface area (Å²) in [6, 6.07) is 0.468. The Morgan fingerprint density at radius 3 is 2.73 bits per heavy atom. The fourth-order valence-corrected chi connectivity index (χ4v) is 2.14. The van der Waals surface area contributed by atoms with E-state index < -0.39 is 0 Å². The summed E-state index contributed by atoms with van der Waals surface area (Å²) >= 11 is 0. The molecule has 84 valence electrons. The molecular weight excluding hydrogens is 192 g/mol. The molecule has 0 bridgehead atoms. The minimum Gasteiger partial charge on any atom is -0.379 e. The Kier molecular flexibility index (Phi) is 3.38. The van der Waals surface area contributed by atoms with E-state index in [9.17, 15) is 4.79 Å². The molecule has 1 aliphatic heterocycles. The summed E-state index contributed by atoms with van der Waals surface area (Å²) in [4.78, 5) is 11.9. The van der Waals surface area contributed by atoms with Crippen LogP contribution in [-0.4, -0.2) is 38.3 Å². The third-order valence-electron chi connectivity index (χ3n) is 3.14. The molecular formula is C11H18N2O2. The highest BCUT2D eigenvalue weighted by molar-refractivity contribution is 5.80.